The van der Waals surface area contributed by atoms with Gasteiger partial charge in [0.1, 0.15) is 11.5 Å². The van der Waals surface area contributed by atoms with E-state index in [2.05, 4.69) is 0 Å². The number of benzene rings is 2. The molecule has 0 bridgehead atoms. The highest BCUT2D eigenvalue weighted by molar-refractivity contribution is 6.35. The van der Waals surface area contributed by atoms with E-state index < -0.39 is 11.7 Å². The fourth-order valence-corrected chi connectivity index (χ4v) is 3.49. The van der Waals surface area contributed by atoms with Crippen LogP contribution in [0, 0.1) is 12.7 Å². The molecule has 31 heavy (non-hydrogen) atoms. The molecule has 2 aromatic rings. The minimum Gasteiger partial charge on any atom is -0.383 e. The molecule has 2 amide bonds. The highest BCUT2D eigenvalue weighted by Gasteiger charge is 2.41. The van der Waals surface area contributed by atoms with Crippen LogP contribution in [0.5, 0.6) is 0 Å². The van der Waals surface area contributed by atoms with Gasteiger partial charge in [-0.2, -0.15) is 0 Å². The van der Waals surface area contributed by atoms with Gasteiger partial charge in [-0.25, -0.2) is 4.39 Å². The van der Waals surface area contributed by atoms with Crippen molar-refractivity contribution in [1.82, 2.24) is 9.80 Å². The van der Waals surface area contributed by atoms with E-state index in [0.717, 1.165) is 11.1 Å². The summed E-state index contributed by atoms with van der Waals surface area (Å²) in [6.07, 6.45) is 0. The molecule has 0 spiro atoms. The van der Waals surface area contributed by atoms with Crippen molar-refractivity contribution in [2.75, 3.05) is 40.5 Å². The molecule has 6 nitrogen and oxygen atoms in total. The molecule has 1 aliphatic heterocycles. The quantitative estimate of drug-likeness (QED) is 0.547. The number of ether oxygens (including phenoxy) is 2. The van der Waals surface area contributed by atoms with Gasteiger partial charge in [-0.15, -0.1) is 0 Å². The number of hydrogen-bond donors (Lipinski definition) is 0. The van der Waals surface area contributed by atoms with Crippen molar-refractivity contribution in [2.24, 2.45) is 0 Å². The number of aryl methyl sites for hydroxylation is 1. The van der Waals surface area contributed by atoms with Gasteiger partial charge in [-0.3, -0.25) is 14.5 Å². The summed E-state index contributed by atoms with van der Waals surface area (Å²) in [6.45, 7) is 3.72. The average Bonchev–Trinajstić information content (AvgIpc) is 3.01. The molecule has 1 heterocycles. The van der Waals surface area contributed by atoms with Gasteiger partial charge >= 0.3 is 0 Å². The van der Waals surface area contributed by atoms with Crippen LogP contribution in [-0.4, -0.2) is 62.1 Å². The maximum atomic E-state index is 13.5. The standard InChI is InChI=1S/C24H27FN2O4/c1-17-4-6-18(7-5-17)16-27-23(28)21(19-8-10-20(25)11-9-19)22(24(27)29)26(12-14-30-2)13-15-31-3/h4-11H,12-16H2,1-3H3. The topological polar surface area (TPSA) is 59.1 Å². The molecule has 0 saturated carbocycles. The molecule has 0 atom stereocenters. The second-order valence-corrected chi connectivity index (χ2v) is 7.39. The fraction of sp³-hybridized carbons (Fsp3) is 0.333. The first-order chi connectivity index (χ1) is 15.0. The summed E-state index contributed by atoms with van der Waals surface area (Å²) in [5.41, 5.74) is 3.01. The third-order valence-electron chi connectivity index (χ3n) is 5.18. The summed E-state index contributed by atoms with van der Waals surface area (Å²) in [4.78, 5) is 29.9. The lowest BCUT2D eigenvalue weighted by molar-refractivity contribution is -0.138. The summed E-state index contributed by atoms with van der Waals surface area (Å²) in [7, 11) is 3.16. The van der Waals surface area contributed by atoms with Crippen LogP contribution in [0.2, 0.25) is 0 Å². The molecule has 164 valence electrons. The van der Waals surface area contributed by atoms with Crippen LogP contribution < -0.4 is 0 Å². The molecular formula is C24H27FN2O4. The SMILES string of the molecule is COCCN(CCOC)C1=C(c2ccc(F)cc2)C(=O)N(Cc2ccc(C)cc2)C1=O. The number of methoxy groups -OCH3 is 2. The molecule has 0 aliphatic carbocycles. The van der Waals surface area contributed by atoms with Crippen molar-refractivity contribution in [3.8, 4) is 0 Å². The summed E-state index contributed by atoms with van der Waals surface area (Å²) in [6, 6.07) is 13.3. The van der Waals surface area contributed by atoms with E-state index in [1.54, 1.807) is 19.1 Å². The van der Waals surface area contributed by atoms with E-state index in [1.807, 2.05) is 31.2 Å². The lowest BCUT2D eigenvalue weighted by atomic mass is 10.0. The Hall–Kier alpha value is -3.03. The van der Waals surface area contributed by atoms with Gasteiger partial charge < -0.3 is 14.4 Å². The fourth-order valence-electron chi connectivity index (χ4n) is 3.49. The Morgan fingerprint density at radius 3 is 2.00 bits per heavy atom. The Labute approximate surface area is 181 Å². The van der Waals surface area contributed by atoms with E-state index in [-0.39, 0.29) is 23.7 Å². The number of imide groups is 1. The smallest absolute Gasteiger partial charge is 0.278 e. The van der Waals surface area contributed by atoms with E-state index in [0.29, 0.717) is 31.9 Å². The lowest BCUT2D eigenvalue weighted by Crippen LogP contribution is -2.37. The molecule has 0 aromatic heterocycles. The zero-order chi connectivity index (χ0) is 22.4. The number of halogens is 1. The van der Waals surface area contributed by atoms with Crippen molar-refractivity contribution >= 4 is 17.4 Å². The first kappa shape index (κ1) is 22.7. The number of amides is 2. The molecule has 0 unspecified atom stereocenters. The number of rotatable bonds is 10. The van der Waals surface area contributed by atoms with Crippen molar-refractivity contribution in [1.29, 1.82) is 0 Å². The largest absolute Gasteiger partial charge is 0.383 e. The number of carbonyl (C=O) groups excluding carboxylic acids is 2. The molecule has 0 fully saturated rings. The zero-order valence-electron chi connectivity index (χ0n) is 18.1. The Bertz CT molecular complexity index is 947. The van der Waals surface area contributed by atoms with Gasteiger partial charge in [0.25, 0.3) is 11.8 Å². The van der Waals surface area contributed by atoms with Crippen LogP contribution in [0.15, 0.2) is 54.2 Å². The normalized spacial score (nSPS) is 14.0. The Morgan fingerprint density at radius 2 is 1.45 bits per heavy atom. The molecule has 0 radical (unpaired) electrons. The van der Waals surface area contributed by atoms with Crippen LogP contribution >= 0.6 is 0 Å². The van der Waals surface area contributed by atoms with Gasteiger partial charge in [0.15, 0.2) is 0 Å². The van der Waals surface area contributed by atoms with Gasteiger partial charge in [0.2, 0.25) is 0 Å². The maximum Gasteiger partial charge on any atom is 0.278 e. The highest BCUT2D eigenvalue weighted by Crippen LogP contribution is 2.32. The molecule has 7 heteroatoms. The summed E-state index contributed by atoms with van der Waals surface area (Å²) in [5, 5.41) is 0. The number of nitrogens with zero attached hydrogens (tertiary/aromatic N) is 2. The summed E-state index contributed by atoms with van der Waals surface area (Å²) in [5.74, 6) is -1.18. The van der Waals surface area contributed by atoms with E-state index >= 15 is 0 Å². The number of carbonyl (C=O) groups is 2. The van der Waals surface area contributed by atoms with Crippen molar-refractivity contribution < 1.29 is 23.5 Å². The third kappa shape index (κ3) is 5.18. The molecule has 2 aromatic carbocycles. The Balaban J connectivity index is 2.02. The second-order valence-electron chi connectivity index (χ2n) is 7.39. The first-order valence-electron chi connectivity index (χ1n) is 10.1. The minimum absolute atomic E-state index is 0.161. The van der Waals surface area contributed by atoms with Crippen molar-refractivity contribution in [3.05, 3.63) is 76.7 Å². The minimum atomic E-state index is -0.408. The van der Waals surface area contributed by atoms with Gasteiger partial charge in [0, 0.05) is 27.3 Å². The van der Waals surface area contributed by atoms with Gasteiger partial charge in [-0.05, 0) is 30.2 Å². The molecule has 1 aliphatic rings. The van der Waals surface area contributed by atoms with Crippen molar-refractivity contribution in [3.63, 3.8) is 0 Å². The molecule has 0 saturated heterocycles. The monoisotopic (exact) mass is 426 g/mol. The summed E-state index contributed by atoms with van der Waals surface area (Å²) >= 11 is 0. The predicted molar refractivity (Wildman–Crippen MR) is 115 cm³/mol. The zero-order valence-corrected chi connectivity index (χ0v) is 18.1. The number of hydrogen-bond acceptors (Lipinski definition) is 5. The molecular weight excluding hydrogens is 399 g/mol. The van der Waals surface area contributed by atoms with Crippen LogP contribution in [0.25, 0.3) is 5.57 Å². The lowest BCUT2D eigenvalue weighted by Gasteiger charge is -2.25. The highest BCUT2D eigenvalue weighted by atomic mass is 19.1. The van der Waals surface area contributed by atoms with Crippen molar-refractivity contribution in [2.45, 2.75) is 13.5 Å². The van der Waals surface area contributed by atoms with Crippen LogP contribution in [0.1, 0.15) is 16.7 Å². The summed E-state index contributed by atoms with van der Waals surface area (Å²) < 4.78 is 23.9. The van der Waals surface area contributed by atoms with Crippen LogP contribution in [0.3, 0.4) is 0 Å². The average molecular weight is 426 g/mol. The molecule has 3 rings (SSSR count). The molecule has 0 N–H and O–H groups in total. The Morgan fingerprint density at radius 1 is 0.871 bits per heavy atom. The van der Waals surface area contributed by atoms with Gasteiger partial charge in [-0.1, -0.05) is 42.0 Å². The van der Waals surface area contributed by atoms with Crippen LogP contribution in [0.4, 0.5) is 4.39 Å². The van der Waals surface area contributed by atoms with E-state index in [4.69, 9.17) is 9.47 Å². The van der Waals surface area contributed by atoms with E-state index in [9.17, 15) is 14.0 Å². The second kappa shape index (κ2) is 10.3. The maximum absolute atomic E-state index is 13.5. The first-order valence-corrected chi connectivity index (χ1v) is 10.1. The van der Waals surface area contributed by atoms with E-state index in [1.165, 1.54) is 29.2 Å². The van der Waals surface area contributed by atoms with Crippen LogP contribution in [-0.2, 0) is 25.6 Å². The third-order valence-corrected chi connectivity index (χ3v) is 5.18. The van der Waals surface area contributed by atoms with Gasteiger partial charge in [0.05, 0.1) is 25.3 Å². The predicted octanol–water partition coefficient (Wildman–Crippen LogP) is 3.01. The Kier molecular flexibility index (Phi) is 7.55.